The van der Waals surface area contributed by atoms with E-state index in [-0.39, 0.29) is 11.5 Å². The Hall–Kier alpha value is -2.71. The van der Waals surface area contributed by atoms with Crippen LogP contribution in [0.3, 0.4) is 0 Å². The van der Waals surface area contributed by atoms with Crippen molar-refractivity contribution in [3.63, 3.8) is 0 Å². The lowest BCUT2D eigenvalue weighted by atomic mass is 10.3. The standard InChI is InChI=1S/C12H17N7O2/c1-8-10(19(20)21)11(17-12(13-2)16-8)15-5-4-9-14-6-7-18(9)3/h6-7H,4-5H2,1-3H3,(H2,13,15,16,17). The zero-order valence-corrected chi connectivity index (χ0v) is 12.1. The van der Waals surface area contributed by atoms with E-state index < -0.39 is 4.92 Å². The fraction of sp³-hybridized carbons (Fsp3) is 0.417. The number of rotatable bonds is 6. The summed E-state index contributed by atoms with van der Waals surface area (Å²) in [5, 5.41) is 16.9. The molecule has 112 valence electrons. The van der Waals surface area contributed by atoms with E-state index in [1.807, 2.05) is 17.8 Å². The minimum Gasteiger partial charge on any atom is -0.364 e. The summed E-state index contributed by atoms with van der Waals surface area (Å²) < 4.78 is 1.90. The molecule has 0 saturated heterocycles. The van der Waals surface area contributed by atoms with E-state index in [0.717, 1.165) is 5.82 Å². The maximum Gasteiger partial charge on any atom is 0.332 e. The van der Waals surface area contributed by atoms with E-state index in [2.05, 4.69) is 25.6 Å². The Bertz CT molecular complexity index is 653. The molecule has 0 aromatic carbocycles. The zero-order valence-electron chi connectivity index (χ0n) is 12.1. The van der Waals surface area contributed by atoms with Crippen molar-refractivity contribution in [2.24, 2.45) is 7.05 Å². The topological polar surface area (TPSA) is 111 Å². The Kier molecular flexibility index (Phi) is 4.31. The van der Waals surface area contributed by atoms with Gasteiger partial charge in [-0.2, -0.15) is 4.98 Å². The van der Waals surface area contributed by atoms with Crippen molar-refractivity contribution >= 4 is 17.5 Å². The average molecular weight is 291 g/mol. The molecule has 0 radical (unpaired) electrons. The number of hydrogen-bond acceptors (Lipinski definition) is 7. The lowest BCUT2D eigenvalue weighted by molar-refractivity contribution is -0.385. The second-order valence-corrected chi connectivity index (χ2v) is 4.47. The van der Waals surface area contributed by atoms with Gasteiger partial charge < -0.3 is 15.2 Å². The van der Waals surface area contributed by atoms with E-state index in [0.29, 0.717) is 24.6 Å². The molecular formula is C12H17N7O2. The van der Waals surface area contributed by atoms with Crippen molar-refractivity contribution in [1.82, 2.24) is 19.5 Å². The van der Waals surface area contributed by atoms with Gasteiger partial charge in [0.05, 0.1) is 4.92 Å². The first-order valence-corrected chi connectivity index (χ1v) is 6.43. The van der Waals surface area contributed by atoms with E-state index in [4.69, 9.17) is 0 Å². The third-order valence-corrected chi connectivity index (χ3v) is 3.03. The van der Waals surface area contributed by atoms with E-state index in [1.165, 1.54) is 0 Å². The zero-order chi connectivity index (χ0) is 15.4. The molecule has 2 rings (SSSR count). The normalized spacial score (nSPS) is 10.4. The molecule has 0 unspecified atom stereocenters. The van der Waals surface area contributed by atoms with Crippen molar-refractivity contribution in [3.05, 3.63) is 34.0 Å². The third kappa shape index (κ3) is 3.25. The van der Waals surface area contributed by atoms with E-state index in [9.17, 15) is 10.1 Å². The fourth-order valence-corrected chi connectivity index (χ4v) is 1.95. The molecule has 9 nitrogen and oxygen atoms in total. The van der Waals surface area contributed by atoms with Crippen LogP contribution in [0.15, 0.2) is 12.4 Å². The maximum atomic E-state index is 11.1. The Morgan fingerprint density at radius 2 is 2.19 bits per heavy atom. The highest BCUT2D eigenvalue weighted by Gasteiger charge is 2.21. The number of aryl methyl sites for hydroxylation is 2. The number of aromatic nitrogens is 4. The first-order chi connectivity index (χ1) is 10.0. The van der Waals surface area contributed by atoms with Gasteiger partial charge in [-0.3, -0.25) is 10.1 Å². The van der Waals surface area contributed by atoms with Gasteiger partial charge in [0.25, 0.3) is 0 Å². The quantitative estimate of drug-likeness (QED) is 0.606. The molecule has 0 atom stereocenters. The third-order valence-electron chi connectivity index (χ3n) is 3.03. The second-order valence-electron chi connectivity index (χ2n) is 4.47. The smallest absolute Gasteiger partial charge is 0.332 e. The maximum absolute atomic E-state index is 11.1. The number of nitrogens with one attached hydrogen (secondary N) is 2. The molecule has 0 saturated carbocycles. The molecular weight excluding hydrogens is 274 g/mol. The van der Waals surface area contributed by atoms with Gasteiger partial charge in [-0.25, -0.2) is 9.97 Å². The molecule has 21 heavy (non-hydrogen) atoms. The Balaban J connectivity index is 2.16. The van der Waals surface area contributed by atoms with Crippen LogP contribution in [-0.2, 0) is 13.5 Å². The van der Waals surface area contributed by atoms with Crippen LogP contribution in [0.2, 0.25) is 0 Å². The molecule has 0 fully saturated rings. The lowest BCUT2D eigenvalue weighted by Crippen LogP contribution is -2.13. The number of anilines is 2. The predicted molar refractivity (Wildman–Crippen MR) is 78.4 cm³/mol. The van der Waals surface area contributed by atoms with Crippen molar-refractivity contribution in [2.75, 3.05) is 24.2 Å². The van der Waals surface area contributed by atoms with Crippen molar-refractivity contribution < 1.29 is 4.92 Å². The number of imidazole rings is 1. The highest BCUT2D eigenvalue weighted by molar-refractivity contribution is 5.60. The van der Waals surface area contributed by atoms with Crippen LogP contribution in [0.5, 0.6) is 0 Å². The molecule has 2 aromatic heterocycles. The summed E-state index contributed by atoms with van der Waals surface area (Å²) in [5.41, 5.74) is 0.215. The van der Waals surface area contributed by atoms with Crippen LogP contribution in [0.4, 0.5) is 17.5 Å². The summed E-state index contributed by atoms with van der Waals surface area (Å²) in [7, 11) is 3.57. The summed E-state index contributed by atoms with van der Waals surface area (Å²) in [6.45, 7) is 2.08. The largest absolute Gasteiger partial charge is 0.364 e. The van der Waals surface area contributed by atoms with Crippen LogP contribution >= 0.6 is 0 Å². The first-order valence-electron chi connectivity index (χ1n) is 6.43. The van der Waals surface area contributed by atoms with Gasteiger partial charge in [0.1, 0.15) is 11.5 Å². The van der Waals surface area contributed by atoms with Crippen molar-refractivity contribution in [2.45, 2.75) is 13.3 Å². The Labute approximate surface area is 121 Å². The SMILES string of the molecule is CNc1nc(C)c([N+](=O)[O-])c(NCCc2nccn2C)n1. The summed E-state index contributed by atoms with van der Waals surface area (Å²) in [6.07, 6.45) is 4.20. The monoisotopic (exact) mass is 291 g/mol. The molecule has 0 spiro atoms. The van der Waals surface area contributed by atoms with Gasteiger partial charge in [0.2, 0.25) is 11.8 Å². The number of nitrogens with zero attached hydrogens (tertiary/aromatic N) is 5. The van der Waals surface area contributed by atoms with Crippen molar-refractivity contribution in [1.29, 1.82) is 0 Å². The van der Waals surface area contributed by atoms with E-state index >= 15 is 0 Å². The predicted octanol–water partition coefficient (Wildman–Crippen LogP) is 1.12. The molecule has 2 N–H and O–H groups in total. The minimum absolute atomic E-state index is 0.103. The highest BCUT2D eigenvalue weighted by atomic mass is 16.6. The minimum atomic E-state index is -0.474. The van der Waals surface area contributed by atoms with Gasteiger partial charge in [0.15, 0.2) is 0 Å². The second kappa shape index (κ2) is 6.16. The van der Waals surface area contributed by atoms with Crippen molar-refractivity contribution in [3.8, 4) is 0 Å². The molecule has 0 bridgehead atoms. The molecule has 2 heterocycles. The molecule has 0 aliphatic heterocycles. The van der Waals surface area contributed by atoms with Gasteiger partial charge in [-0.15, -0.1) is 0 Å². The van der Waals surface area contributed by atoms with Gasteiger partial charge >= 0.3 is 5.69 Å². The fourth-order valence-electron chi connectivity index (χ4n) is 1.95. The molecule has 9 heteroatoms. The Morgan fingerprint density at radius 1 is 1.43 bits per heavy atom. The first kappa shape index (κ1) is 14.7. The van der Waals surface area contributed by atoms with Gasteiger partial charge in [0, 0.05) is 39.5 Å². The summed E-state index contributed by atoms with van der Waals surface area (Å²) >= 11 is 0. The van der Waals surface area contributed by atoms with Crippen LogP contribution in [0, 0.1) is 17.0 Å². The molecule has 0 amide bonds. The van der Waals surface area contributed by atoms with Crippen LogP contribution < -0.4 is 10.6 Å². The van der Waals surface area contributed by atoms with Gasteiger partial charge in [-0.1, -0.05) is 0 Å². The summed E-state index contributed by atoms with van der Waals surface area (Å²) in [6, 6.07) is 0. The Morgan fingerprint density at radius 3 is 2.76 bits per heavy atom. The lowest BCUT2D eigenvalue weighted by Gasteiger charge is -2.09. The van der Waals surface area contributed by atoms with Crippen LogP contribution in [0.1, 0.15) is 11.5 Å². The molecule has 0 aliphatic rings. The highest BCUT2D eigenvalue weighted by Crippen LogP contribution is 2.26. The van der Waals surface area contributed by atoms with Crippen LogP contribution in [0.25, 0.3) is 0 Å². The average Bonchev–Trinajstić information content (AvgIpc) is 2.83. The number of hydrogen-bond donors (Lipinski definition) is 2. The molecule has 0 aliphatic carbocycles. The summed E-state index contributed by atoms with van der Waals surface area (Å²) in [5.74, 6) is 1.45. The van der Waals surface area contributed by atoms with E-state index in [1.54, 1.807) is 20.2 Å². The molecule has 2 aromatic rings. The van der Waals surface area contributed by atoms with Gasteiger partial charge in [-0.05, 0) is 6.92 Å². The summed E-state index contributed by atoms with van der Waals surface area (Å²) in [4.78, 5) is 23.0. The van der Waals surface area contributed by atoms with Crippen LogP contribution in [-0.4, -0.2) is 38.0 Å². The number of nitro groups is 1.